The molecule has 0 aliphatic heterocycles. The van der Waals surface area contributed by atoms with Gasteiger partial charge in [-0.1, -0.05) is 31.1 Å². The van der Waals surface area contributed by atoms with Gasteiger partial charge in [0.2, 0.25) is 0 Å². The Hall–Kier alpha value is -2.44. The molecule has 0 aromatic carbocycles. The highest BCUT2D eigenvalue weighted by Gasteiger charge is 2.00. The molecule has 0 spiro atoms. The minimum absolute atomic E-state index is 0.0742. The summed E-state index contributed by atoms with van der Waals surface area (Å²) in [7, 11) is 1.40. The maximum absolute atomic E-state index is 11.5. The Morgan fingerprint density at radius 2 is 1.55 bits per heavy atom. The first kappa shape index (κ1) is 19.6. The largest absolute Gasteiger partial charge is 0.469 e. The summed E-state index contributed by atoms with van der Waals surface area (Å²) >= 11 is 0. The van der Waals surface area contributed by atoms with E-state index in [1.165, 1.54) is 19.3 Å². The quantitative estimate of drug-likeness (QED) is 0.284. The number of esters is 1. The zero-order chi connectivity index (χ0) is 16.5. The van der Waals surface area contributed by atoms with E-state index in [1.807, 2.05) is 0 Å². The monoisotopic (exact) mass is 298 g/mol. The van der Waals surface area contributed by atoms with Gasteiger partial charge in [0.05, 0.1) is 7.11 Å². The molecular formula is C19H22O3. The standard InChI is InChI=1S/C19H22O3/c1-3-4-5-6-7-9-12-15-18(20)16-13-10-8-11-14-17-19(21)22-2/h12,15H,8,10-11,13-14,16-17H2,1-2H3. The second kappa shape index (κ2) is 15.0. The van der Waals surface area contributed by atoms with Crippen molar-refractivity contribution in [2.24, 2.45) is 0 Å². The zero-order valence-corrected chi connectivity index (χ0v) is 13.3. The number of methoxy groups -OCH3 is 1. The fourth-order valence-corrected chi connectivity index (χ4v) is 1.62. The topological polar surface area (TPSA) is 43.4 Å². The van der Waals surface area contributed by atoms with Crippen molar-refractivity contribution in [2.75, 3.05) is 7.11 Å². The molecule has 22 heavy (non-hydrogen) atoms. The molecule has 0 aliphatic rings. The average Bonchev–Trinajstić information content (AvgIpc) is 2.52. The van der Waals surface area contributed by atoms with Crippen molar-refractivity contribution in [3.05, 3.63) is 12.2 Å². The predicted octanol–water partition coefficient (Wildman–Crippen LogP) is 3.05. The summed E-state index contributed by atoms with van der Waals surface area (Å²) in [5, 5.41) is 0. The second-order valence-corrected chi connectivity index (χ2v) is 4.54. The highest BCUT2D eigenvalue weighted by Crippen LogP contribution is 2.08. The first-order chi connectivity index (χ1) is 10.7. The highest BCUT2D eigenvalue weighted by atomic mass is 16.5. The van der Waals surface area contributed by atoms with Crippen LogP contribution >= 0.6 is 0 Å². The third-order valence-electron chi connectivity index (χ3n) is 2.77. The number of ether oxygens (including phenoxy) is 1. The Kier molecular flexibility index (Phi) is 13.3. The molecule has 3 nitrogen and oxygen atoms in total. The number of ketones is 1. The fraction of sp³-hybridized carbons (Fsp3) is 0.474. The van der Waals surface area contributed by atoms with Crippen molar-refractivity contribution in [1.29, 1.82) is 0 Å². The van der Waals surface area contributed by atoms with Crippen LogP contribution in [0.3, 0.4) is 0 Å². The lowest BCUT2D eigenvalue weighted by molar-refractivity contribution is -0.140. The normalized spacial score (nSPS) is 8.82. The number of hydrogen-bond acceptors (Lipinski definition) is 3. The van der Waals surface area contributed by atoms with Gasteiger partial charge >= 0.3 is 5.97 Å². The van der Waals surface area contributed by atoms with Gasteiger partial charge in [-0.25, -0.2) is 0 Å². The Balaban J connectivity index is 3.63. The lowest BCUT2D eigenvalue weighted by Gasteiger charge is -2.00. The molecule has 0 saturated carbocycles. The first-order valence-corrected chi connectivity index (χ1v) is 7.39. The fourth-order valence-electron chi connectivity index (χ4n) is 1.62. The van der Waals surface area contributed by atoms with Gasteiger partial charge in [0.25, 0.3) is 0 Å². The average molecular weight is 298 g/mol. The lowest BCUT2D eigenvalue weighted by atomic mass is 10.1. The molecule has 0 aromatic heterocycles. The molecule has 0 aliphatic carbocycles. The molecule has 0 aromatic rings. The van der Waals surface area contributed by atoms with E-state index in [4.69, 9.17) is 0 Å². The lowest BCUT2D eigenvalue weighted by Crippen LogP contribution is -1.99. The van der Waals surface area contributed by atoms with E-state index in [1.54, 1.807) is 6.92 Å². The van der Waals surface area contributed by atoms with E-state index in [2.05, 4.69) is 40.3 Å². The number of hydrogen-bond donors (Lipinski definition) is 0. The predicted molar refractivity (Wildman–Crippen MR) is 87.5 cm³/mol. The van der Waals surface area contributed by atoms with Gasteiger partial charge in [0.1, 0.15) is 0 Å². The van der Waals surface area contributed by atoms with E-state index < -0.39 is 0 Å². The van der Waals surface area contributed by atoms with Crippen LogP contribution < -0.4 is 0 Å². The summed E-state index contributed by atoms with van der Waals surface area (Å²) in [5.41, 5.74) is 0. The van der Waals surface area contributed by atoms with E-state index in [0.29, 0.717) is 12.8 Å². The SMILES string of the molecule is CC#CC#CC#CC=CC(=O)CCCCCCCC(=O)OC. The number of allylic oxidation sites excluding steroid dienone is 2. The van der Waals surface area contributed by atoms with E-state index in [0.717, 1.165) is 32.1 Å². The zero-order valence-electron chi connectivity index (χ0n) is 13.3. The molecule has 0 saturated heterocycles. The first-order valence-electron chi connectivity index (χ1n) is 7.39. The summed E-state index contributed by atoms with van der Waals surface area (Å²) in [6.07, 6.45) is 8.73. The van der Waals surface area contributed by atoms with Crippen LogP contribution in [0.25, 0.3) is 0 Å². The van der Waals surface area contributed by atoms with Crippen molar-refractivity contribution < 1.29 is 14.3 Å². The number of carbonyl (C=O) groups excluding carboxylic acids is 2. The number of rotatable bonds is 9. The molecule has 0 rings (SSSR count). The molecule has 0 unspecified atom stereocenters. The van der Waals surface area contributed by atoms with Crippen LogP contribution in [0.2, 0.25) is 0 Å². The Labute approximate surface area is 133 Å². The van der Waals surface area contributed by atoms with Crippen LogP contribution in [0.5, 0.6) is 0 Å². The van der Waals surface area contributed by atoms with Gasteiger partial charge in [0, 0.05) is 12.8 Å². The molecule has 0 radical (unpaired) electrons. The van der Waals surface area contributed by atoms with Crippen molar-refractivity contribution in [1.82, 2.24) is 0 Å². The summed E-state index contributed by atoms with van der Waals surface area (Å²) in [6.45, 7) is 1.71. The molecular weight excluding hydrogens is 276 g/mol. The van der Waals surface area contributed by atoms with Crippen LogP contribution in [0.4, 0.5) is 0 Å². The smallest absolute Gasteiger partial charge is 0.305 e. The Morgan fingerprint density at radius 3 is 2.23 bits per heavy atom. The van der Waals surface area contributed by atoms with Gasteiger partial charge in [-0.05, 0) is 55.6 Å². The van der Waals surface area contributed by atoms with Crippen LogP contribution in [0.1, 0.15) is 51.9 Å². The van der Waals surface area contributed by atoms with E-state index in [-0.39, 0.29) is 11.8 Å². The van der Waals surface area contributed by atoms with Gasteiger partial charge in [-0.15, -0.1) is 0 Å². The molecule has 0 fully saturated rings. The number of carbonyl (C=O) groups is 2. The molecule has 0 heterocycles. The van der Waals surface area contributed by atoms with Crippen molar-refractivity contribution in [3.8, 4) is 35.5 Å². The van der Waals surface area contributed by atoms with Crippen molar-refractivity contribution in [2.45, 2.75) is 51.9 Å². The van der Waals surface area contributed by atoms with Gasteiger partial charge < -0.3 is 4.74 Å². The van der Waals surface area contributed by atoms with E-state index >= 15 is 0 Å². The molecule has 0 bridgehead atoms. The van der Waals surface area contributed by atoms with Crippen LogP contribution in [0.15, 0.2) is 12.2 Å². The number of unbranched alkanes of at least 4 members (excludes halogenated alkanes) is 4. The third kappa shape index (κ3) is 14.0. The minimum atomic E-state index is -0.159. The summed E-state index contributed by atoms with van der Waals surface area (Å²) < 4.78 is 4.57. The molecule has 0 N–H and O–H groups in total. The highest BCUT2D eigenvalue weighted by molar-refractivity contribution is 5.90. The van der Waals surface area contributed by atoms with Gasteiger partial charge in [-0.2, -0.15) is 0 Å². The Morgan fingerprint density at radius 1 is 0.909 bits per heavy atom. The van der Waals surface area contributed by atoms with Crippen molar-refractivity contribution >= 4 is 11.8 Å². The Bertz CT molecular complexity index is 551. The molecule has 0 amide bonds. The summed E-state index contributed by atoms with van der Waals surface area (Å²) in [5.74, 6) is 15.5. The van der Waals surface area contributed by atoms with Gasteiger partial charge in [0.15, 0.2) is 5.78 Å². The van der Waals surface area contributed by atoms with Crippen LogP contribution in [-0.4, -0.2) is 18.9 Å². The summed E-state index contributed by atoms with van der Waals surface area (Å²) in [6, 6.07) is 0. The van der Waals surface area contributed by atoms with E-state index in [9.17, 15) is 9.59 Å². The molecule has 3 heteroatoms. The van der Waals surface area contributed by atoms with Crippen LogP contribution in [-0.2, 0) is 14.3 Å². The van der Waals surface area contributed by atoms with Gasteiger partial charge in [-0.3, -0.25) is 9.59 Å². The molecule has 116 valence electrons. The van der Waals surface area contributed by atoms with Crippen LogP contribution in [0, 0.1) is 35.5 Å². The maximum atomic E-state index is 11.5. The third-order valence-corrected chi connectivity index (χ3v) is 2.77. The maximum Gasteiger partial charge on any atom is 0.305 e. The summed E-state index contributed by atoms with van der Waals surface area (Å²) in [4.78, 5) is 22.4. The second-order valence-electron chi connectivity index (χ2n) is 4.54. The minimum Gasteiger partial charge on any atom is -0.469 e. The molecule has 0 atom stereocenters. The van der Waals surface area contributed by atoms with Crippen molar-refractivity contribution in [3.63, 3.8) is 0 Å².